The predicted molar refractivity (Wildman–Crippen MR) is 49.4 cm³/mol. The summed E-state index contributed by atoms with van der Waals surface area (Å²) in [6, 6.07) is 5.44. The largest absolute Gasteiger partial charge is 0.507 e. The number of aryl methyl sites for hydroxylation is 1. The molecule has 0 unspecified atom stereocenters. The van der Waals surface area contributed by atoms with E-state index in [9.17, 15) is 0 Å². The van der Waals surface area contributed by atoms with Crippen LogP contribution in [0.2, 0.25) is 0 Å². The Kier molecular flexibility index (Phi) is 3.41. The Morgan fingerprint density at radius 3 is 2.42 bits per heavy atom. The summed E-state index contributed by atoms with van der Waals surface area (Å²) in [5, 5.41) is 12.0. The summed E-state index contributed by atoms with van der Waals surface area (Å²) in [6.07, 6.45) is 1.66. The van der Waals surface area contributed by atoms with Crippen molar-refractivity contribution in [2.24, 2.45) is 0 Å². The van der Waals surface area contributed by atoms with Gasteiger partial charge in [-0.2, -0.15) is 0 Å². The molecule has 0 aliphatic rings. The second-order valence-electron chi connectivity index (χ2n) is 2.21. The maximum absolute atomic E-state index is 8.48. The molecule has 0 radical (unpaired) electrons. The quantitative estimate of drug-likeness (QED) is 0.679. The van der Waals surface area contributed by atoms with Gasteiger partial charge in [-0.1, -0.05) is 0 Å². The lowest BCUT2D eigenvalue weighted by Crippen LogP contribution is -1.48. The molecular weight excluding hydrogens is 172 g/mol. The molecule has 0 aliphatic carbocycles. The Morgan fingerprint density at radius 2 is 2.25 bits per heavy atom. The number of hydrogen-bond donors (Lipinski definition) is 1. The van der Waals surface area contributed by atoms with Crippen molar-refractivity contribution < 1.29 is 9.52 Å². The Bertz CT molecular complexity index is 252. The zero-order valence-electron chi connectivity index (χ0n) is 6.73. The average molecular weight is 182 g/mol. The number of hydrogen-bond acceptors (Lipinski definition) is 3. The van der Waals surface area contributed by atoms with E-state index in [1.54, 1.807) is 17.7 Å². The van der Waals surface area contributed by atoms with Crippen LogP contribution in [-0.4, -0.2) is 5.11 Å². The van der Waals surface area contributed by atoms with Gasteiger partial charge in [0.05, 0.1) is 6.26 Å². The molecule has 0 amide bonds. The summed E-state index contributed by atoms with van der Waals surface area (Å²) in [6.45, 7) is 1.92. The first-order valence-electron chi connectivity index (χ1n) is 3.50. The Balaban J connectivity index is 0.000000120. The van der Waals surface area contributed by atoms with Crippen molar-refractivity contribution in [1.82, 2.24) is 0 Å². The second kappa shape index (κ2) is 4.62. The second-order valence-corrected chi connectivity index (χ2v) is 2.99. The van der Waals surface area contributed by atoms with E-state index in [0.29, 0.717) is 5.75 Å². The summed E-state index contributed by atoms with van der Waals surface area (Å²) in [7, 11) is 0. The molecule has 0 atom stereocenters. The molecule has 0 saturated heterocycles. The fourth-order valence-electron chi connectivity index (χ4n) is 0.618. The van der Waals surface area contributed by atoms with Crippen molar-refractivity contribution in [1.29, 1.82) is 0 Å². The van der Waals surface area contributed by atoms with Crippen molar-refractivity contribution in [3.05, 3.63) is 41.0 Å². The minimum Gasteiger partial charge on any atom is -0.507 e. The van der Waals surface area contributed by atoms with Gasteiger partial charge in [-0.15, -0.1) is 11.3 Å². The van der Waals surface area contributed by atoms with E-state index in [1.807, 2.05) is 24.4 Å². The van der Waals surface area contributed by atoms with Crippen LogP contribution in [0, 0.1) is 6.92 Å². The molecule has 2 rings (SSSR count). The molecule has 2 aromatic rings. The zero-order valence-corrected chi connectivity index (χ0v) is 7.54. The van der Waals surface area contributed by atoms with Crippen molar-refractivity contribution in [2.75, 3.05) is 0 Å². The van der Waals surface area contributed by atoms with Crippen molar-refractivity contribution in [3.8, 4) is 5.75 Å². The first kappa shape index (κ1) is 8.87. The van der Waals surface area contributed by atoms with Crippen LogP contribution in [0.25, 0.3) is 0 Å². The molecule has 0 aromatic carbocycles. The standard InChI is InChI=1S/C5H6O.C4H4OS/c1-5-3-2-4-6-5;5-4-1-2-6-3-4/h2-4H,1H3;1-3,5H. The van der Waals surface area contributed by atoms with Crippen LogP contribution in [-0.2, 0) is 0 Å². The van der Waals surface area contributed by atoms with Crippen LogP contribution < -0.4 is 0 Å². The maximum Gasteiger partial charge on any atom is 0.126 e. The molecule has 64 valence electrons. The molecule has 0 bridgehead atoms. The van der Waals surface area contributed by atoms with E-state index < -0.39 is 0 Å². The van der Waals surface area contributed by atoms with Gasteiger partial charge in [-0.25, -0.2) is 0 Å². The third-order valence-electron chi connectivity index (χ3n) is 1.17. The highest BCUT2D eigenvalue weighted by atomic mass is 32.1. The molecule has 2 nitrogen and oxygen atoms in total. The smallest absolute Gasteiger partial charge is 0.126 e. The van der Waals surface area contributed by atoms with Gasteiger partial charge in [0.1, 0.15) is 11.5 Å². The average Bonchev–Trinajstić information content (AvgIpc) is 2.63. The Hall–Kier alpha value is -1.22. The van der Waals surface area contributed by atoms with E-state index in [4.69, 9.17) is 9.52 Å². The molecule has 0 spiro atoms. The fourth-order valence-corrected chi connectivity index (χ4v) is 1.13. The number of furan rings is 1. The van der Waals surface area contributed by atoms with Gasteiger partial charge in [0.15, 0.2) is 0 Å². The zero-order chi connectivity index (χ0) is 8.81. The van der Waals surface area contributed by atoms with Crippen LogP contribution >= 0.6 is 11.3 Å². The number of aromatic hydroxyl groups is 1. The third-order valence-corrected chi connectivity index (χ3v) is 1.84. The highest BCUT2D eigenvalue weighted by Crippen LogP contribution is 2.10. The lowest BCUT2D eigenvalue weighted by Gasteiger charge is -1.69. The monoisotopic (exact) mass is 182 g/mol. The van der Waals surface area contributed by atoms with Gasteiger partial charge in [0, 0.05) is 5.38 Å². The van der Waals surface area contributed by atoms with Crippen LogP contribution in [0.3, 0.4) is 0 Å². The maximum atomic E-state index is 8.48. The number of rotatable bonds is 0. The normalized spacial score (nSPS) is 8.75. The van der Waals surface area contributed by atoms with Crippen molar-refractivity contribution in [3.63, 3.8) is 0 Å². The molecule has 3 heteroatoms. The summed E-state index contributed by atoms with van der Waals surface area (Å²) < 4.78 is 4.83. The SMILES string of the molecule is Cc1ccco1.Oc1ccsc1. The van der Waals surface area contributed by atoms with Crippen molar-refractivity contribution in [2.45, 2.75) is 6.92 Å². The van der Waals surface area contributed by atoms with Gasteiger partial charge in [0.25, 0.3) is 0 Å². The predicted octanol–water partition coefficient (Wildman–Crippen LogP) is 3.04. The molecule has 12 heavy (non-hydrogen) atoms. The molecule has 1 N–H and O–H groups in total. The van der Waals surface area contributed by atoms with E-state index in [-0.39, 0.29) is 0 Å². The van der Waals surface area contributed by atoms with Crippen LogP contribution in [0.15, 0.2) is 39.6 Å². The van der Waals surface area contributed by atoms with Crippen LogP contribution in [0.5, 0.6) is 5.75 Å². The lowest BCUT2D eigenvalue weighted by atomic mass is 10.5. The Labute approximate surface area is 75.1 Å². The van der Waals surface area contributed by atoms with Gasteiger partial charge < -0.3 is 9.52 Å². The summed E-state index contributed by atoms with van der Waals surface area (Å²) >= 11 is 1.49. The summed E-state index contributed by atoms with van der Waals surface area (Å²) in [5.74, 6) is 1.33. The fraction of sp³-hybridized carbons (Fsp3) is 0.111. The molecule has 2 heterocycles. The van der Waals surface area contributed by atoms with Crippen LogP contribution in [0.1, 0.15) is 5.76 Å². The molecule has 0 saturated carbocycles. The van der Waals surface area contributed by atoms with E-state index in [2.05, 4.69) is 0 Å². The highest BCUT2D eigenvalue weighted by Gasteiger charge is 1.77. The van der Waals surface area contributed by atoms with Gasteiger partial charge in [-0.05, 0) is 30.5 Å². The van der Waals surface area contributed by atoms with E-state index in [0.717, 1.165) is 5.76 Å². The topological polar surface area (TPSA) is 33.4 Å². The molecule has 2 aromatic heterocycles. The highest BCUT2D eigenvalue weighted by molar-refractivity contribution is 7.08. The Morgan fingerprint density at radius 1 is 1.42 bits per heavy atom. The minimum atomic E-state index is 0.361. The van der Waals surface area contributed by atoms with Gasteiger partial charge in [0.2, 0.25) is 0 Å². The third kappa shape index (κ3) is 3.25. The van der Waals surface area contributed by atoms with E-state index >= 15 is 0 Å². The summed E-state index contributed by atoms with van der Waals surface area (Å²) in [4.78, 5) is 0. The molecule has 0 aliphatic heterocycles. The summed E-state index contributed by atoms with van der Waals surface area (Å²) in [5.41, 5.74) is 0. The van der Waals surface area contributed by atoms with Gasteiger partial charge in [-0.3, -0.25) is 0 Å². The molecular formula is C9H10O2S. The molecule has 0 fully saturated rings. The van der Waals surface area contributed by atoms with E-state index in [1.165, 1.54) is 11.3 Å². The number of thiophene rings is 1. The lowest BCUT2D eigenvalue weighted by molar-refractivity contribution is 0.478. The minimum absolute atomic E-state index is 0.361. The van der Waals surface area contributed by atoms with Crippen molar-refractivity contribution >= 4 is 11.3 Å². The first-order valence-corrected chi connectivity index (χ1v) is 4.44. The first-order chi connectivity index (χ1) is 5.79. The van der Waals surface area contributed by atoms with Gasteiger partial charge >= 0.3 is 0 Å². The van der Waals surface area contributed by atoms with Crippen LogP contribution in [0.4, 0.5) is 0 Å².